The van der Waals surface area contributed by atoms with Gasteiger partial charge in [0, 0.05) is 17.2 Å². The summed E-state index contributed by atoms with van der Waals surface area (Å²) in [6.45, 7) is 2.40. The third kappa shape index (κ3) is 3.08. The van der Waals surface area contributed by atoms with Crippen molar-refractivity contribution in [1.29, 1.82) is 10.5 Å². The van der Waals surface area contributed by atoms with E-state index in [9.17, 15) is 4.79 Å². The molecule has 0 atom stereocenters. The zero-order valence-corrected chi connectivity index (χ0v) is 10.9. The Kier molecular flexibility index (Phi) is 4.74. The van der Waals surface area contributed by atoms with Crippen molar-refractivity contribution in [2.45, 2.75) is 13.5 Å². The summed E-state index contributed by atoms with van der Waals surface area (Å²) in [7, 11) is 0. The zero-order chi connectivity index (χ0) is 12.8. The van der Waals surface area contributed by atoms with Gasteiger partial charge in [0.1, 0.15) is 18.8 Å². The van der Waals surface area contributed by atoms with Gasteiger partial charge >= 0.3 is 0 Å². The molecule has 0 unspecified atom stereocenters. The number of nitrogens with zero attached hydrogens (tertiary/aromatic N) is 4. The Morgan fingerprint density at radius 2 is 2.06 bits per heavy atom. The molecule has 0 bridgehead atoms. The summed E-state index contributed by atoms with van der Waals surface area (Å²) in [5.74, 6) is -0.305. The van der Waals surface area contributed by atoms with Gasteiger partial charge in [0.05, 0.1) is 12.1 Å². The normalized spacial score (nSPS) is 9.41. The first-order chi connectivity index (χ1) is 8.13. The van der Waals surface area contributed by atoms with Crippen LogP contribution in [0.2, 0.25) is 0 Å². The number of halogens is 1. The molecule has 0 radical (unpaired) electrons. The molecule has 6 heteroatoms. The lowest BCUT2D eigenvalue weighted by atomic mass is 10.3. The Morgan fingerprint density at radius 1 is 1.47 bits per heavy atom. The molecule has 0 fully saturated rings. The van der Waals surface area contributed by atoms with Crippen LogP contribution in [0.15, 0.2) is 16.7 Å². The van der Waals surface area contributed by atoms with E-state index in [2.05, 4.69) is 15.9 Å². The van der Waals surface area contributed by atoms with E-state index in [4.69, 9.17) is 10.5 Å². The van der Waals surface area contributed by atoms with Crippen LogP contribution >= 0.6 is 15.9 Å². The number of hydrogen-bond donors (Lipinski definition) is 0. The minimum atomic E-state index is -0.305. The third-order valence-electron chi connectivity index (χ3n) is 2.23. The lowest BCUT2D eigenvalue weighted by molar-refractivity contribution is 0.0784. The maximum absolute atomic E-state index is 12.1. The molecular weight excluding hydrogens is 284 g/mol. The monoisotopic (exact) mass is 294 g/mol. The Hall–Kier alpha value is -1.79. The van der Waals surface area contributed by atoms with E-state index < -0.39 is 0 Å². The lowest BCUT2D eigenvalue weighted by Crippen LogP contribution is -2.33. The first-order valence-corrected chi connectivity index (χ1v) is 5.82. The van der Waals surface area contributed by atoms with Gasteiger partial charge in [-0.1, -0.05) is 0 Å². The molecule has 0 aromatic carbocycles. The maximum Gasteiger partial charge on any atom is 0.272 e. The fourth-order valence-electron chi connectivity index (χ4n) is 1.45. The minimum Gasteiger partial charge on any atom is -0.343 e. The van der Waals surface area contributed by atoms with Gasteiger partial charge in [-0.25, -0.2) is 0 Å². The molecule has 88 valence electrons. The number of nitriles is 2. The number of hydrogen-bond acceptors (Lipinski definition) is 3. The van der Waals surface area contributed by atoms with Gasteiger partial charge in [0.2, 0.25) is 0 Å². The number of amides is 1. The fraction of sp³-hybridized carbons (Fsp3) is 0.364. The molecule has 1 aromatic rings. The summed E-state index contributed by atoms with van der Waals surface area (Å²) in [6, 6.07) is 5.45. The van der Waals surface area contributed by atoms with Crippen LogP contribution in [-0.2, 0) is 6.54 Å². The molecule has 1 aromatic heterocycles. The van der Waals surface area contributed by atoms with Crippen LogP contribution in [0.1, 0.15) is 17.4 Å². The van der Waals surface area contributed by atoms with Crippen molar-refractivity contribution in [2.75, 3.05) is 13.1 Å². The highest BCUT2D eigenvalue weighted by atomic mass is 79.9. The molecule has 0 aliphatic rings. The molecule has 5 nitrogen and oxygen atoms in total. The van der Waals surface area contributed by atoms with Crippen LogP contribution in [0.25, 0.3) is 0 Å². The van der Waals surface area contributed by atoms with Gasteiger partial charge < -0.3 is 9.47 Å². The van der Waals surface area contributed by atoms with E-state index in [1.807, 2.05) is 19.1 Å². The SMILES string of the molecule is CCn1cc(Br)cc1C(=O)N(CC#N)CC#N. The van der Waals surface area contributed by atoms with Gasteiger partial charge in [0.15, 0.2) is 0 Å². The average Bonchev–Trinajstić information content (AvgIpc) is 2.69. The molecule has 1 amide bonds. The number of aryl methyl sites for hydroxylation is 1. The average molecular weight is 295 g/mol. The second kappa shape index (κ2) is 6.07. The van der Waals surface area contributed by atoms with Crippen LogP contribution in [0.4, 0.5) is 0 Å². The number of rotatable bonds is 4. The first kappa shape index (κ1) is 13.3. The van der Waals surface area contributed by atoms with Crippen LogP contribution in [0.3, 0.4) is 0 Å². The molecular formula is C11H11BrN4O. The molecule has 0 saturated carbocycles. The van der Waals surface area contributed by atoms with Gasteiger partial charge in [-0.3, -0.25) is 4.79 Å². The zero-order valence-electron chi connectivity index (χ0n) is 9.35. The highest BCUT2D eigenvalue weighted by Crippen LogP contribution is 2.16. The Bertz CT molecular complexity index is 479. The first-order valence-electron chi connectivity index (χ1n) is 5.02. The van der Waals surface area contributed by atoms with Crippen LogP contribution in [0.5, 0.6) is 0 Å². The van der Waals surface area contributed by atoms with Crippen molar-refractivity contribution in [2.24, 2.45) is 0 Å². The molecule has 0 spiro atoms. The van der Waals surface area contributed by atoms with Gasteiger partial charge in [0.25, 0.3) is 5.91 Å². The predicted octanol–water partition coefficient (Wildman–Crippen LogP) is 1.76. The lowest BCUT2D eigenvalue weighted by Gasteiger charge is -2.16. The van der Waals surface area contributed by atoms with E-state index in [0.717, 1.165) is 4.47 Å². The van der Waals surface area contributed by atoms with E-state index in [0.29, 0.717) is 12.2 Å². The second-order valence-corrected chi connectivity index (χ2v) is 4.22. The standard InChI is InChI=1S/C11H11BrN4O/c1-2-15-8-9(12)7-10(15)11(17)16(5-3-13)6-4-14/h7-8H,2,5-6H2,1H3. The fourth-order valence-corrected chi connectivity index (χ4v) is 1.91. The van der Waals surface area contributed by atoms with Crippen molar-refractivity contribution in [3.8, 4) is 12.1 Å². The van der Waals surface area contributed by atoms with E-state index in [-0.39, 0.29) is 19.0 Å². The van der Waals surface area contributed by atoms with Crippen LogP contribution in [-0.4, -0.2) is 28.5 Å². The second-order valence-electron chi connectivity index (χ2n) is 3.31. The van der Waals surface area contributed by atoms with Crippen molar-refractivity contribution in [1.82, 2.24) is 9.47 Å². The molecule has 0 saturated heterocycles. The minimum absolute atomic E-state index is 0.0844. The van der Waals surface area contributed by atoms with E-state index in [1.165, 1.54) is 4.90 Å². The van der Waals surface area contributed by atoms with Crippen LogP contribution < -0.4 is 0 Å². The maximum atomic E-state index is 12.1. The van der Waals surface area contributed by atoms with Gasteiger partial charge in [-0.15, -0.1) is 0 Å². The summed E-state index contributed by atoms with van der Waals surface area (Å²) >= 11 is 3.30. The summed E-state index contributed by atoms with van der Waals surface area (Å²) < 4.78 is 2.57. The molecule has 0 aliphatic heterocycles. The molecule has 0 N–H and O–H groups in total. The quantitative estimate of drug-likeness (QED) is 0.794. The number of carbonyl (C=O) groups is 1. The summed E-state index contributed by atoms with van der Waals surface area (Å²) in [4.78, 5) is 13.3. The van der Waals surface area contributed by atoms with Gasteiger partial charge in [-0.05, 0) is 28.9 Å². The predicted molar refractivity (Wildman–Crippen MR) is 64.9 cm³/mol. The highest BCUT2D eigenvalue weighted by molar-refractivity contribution is 9.10. The molecule has 0 aliphatic carbocycles. The number of aromatic nitrogens is 1. The third-order valence-corrected chi connectivity index (χ3v) is 2.67. The smallest absolute Gasteiger partial charge is 0.272 e. The Labute approximate surface area is 108 Å². The Balaban J connectivity index is 3.01. The summed E-state index contributed by atoms with van der Waals surface area (Å²) in [6.07, 6.45) is 1.80. The summed E-state index contributed by atoms with van der Waals surface area (Å²) in [5, 5.41) is 17.2. The topological polar surface area (TPSA) is 72.8 Å². The van der Waals surface area contributed by atoms with Crippen molar-refractivity contribution < 1.29 is 4.79 Å². The van der Waals surface area contributed by atoms with E-state index >= 15 is 0 Å². The largest absolute Gasteiger partial charge is 0.343 e. The Morgan fingerprint density at radius 3 is 2.53 bits per heavy atom. The molecule has 1 rings (SSSR count). The molecule has 1 heterocycles. The molecule has 17 heavy (non-hydrogen) atoms. The van der Waals surface area contributed by atoms with Crippen molar-refractivity contribution in [3.63, 3.8) is 0 Å². The van der Waals surface area contributed by atoms with E-state index in [1.54, 1.807) is 16.8 Å². The highest BCUT2D eigenvalue weighted by Gasteiger charge is 2.19. The summed E-state index contributed by atoms with van der Waals surface area (Å²) in [5.41, 5.74) is 0.477. The van der Waals surface area contributed by atoms with Gasteiger partial charge in [-0.2, -0.15) is 10.5 Å². The van der Waals surface area contributed by atoms with Crippen LogP contribution in [0, 0.1) is 22.7 Å². The van der Waals surface area contributed by atoms with Crippen molar-refractivity contribution in [3.05, 3.63) is 22.4 Å². The van der Waals surface area contributed by atoms with Crippen molar-refractivity contribution >= 4 is 21.8 Å². The number of carbonyl (C=O) groups excluding carboxylic acids is 1.